The Balaban J connectivity index is 1.80. The molecule has 1 aromatic rings. The van der Waals surface area contributed by atoms with Gasteiger partial charge in [0.2, 0.25) is 5.88 Å². The molecule has 118 valence electrons. The fourth-order valence-corrected chi connectivity index (χ4v) is 2.41. The summed E-state index contributed by atoms with van der Waals surface area (Å²) < 4.78 is 42.7. The Hall–Kier alpha value is -1.30. The molecule has 1 saturated heterocycles. The van der Waals surface area contributed by atoms with Crippen molar-refractivity contribution in [3.05, 3.63) is 23.9 Å². The highest BCUT2D eigenvalue weighted by Gasteiger charge is 2.32. The van der Waals surface area contributed by atoms with Crippen LogP contribution in [-0.4, -0.2) is 41.8 Å². The standard InChI is InChI=1S/C15H21F3N2O/c1-11(2)12-3-4-14(19-9-12)21-13-5-7-20(8-6-13)10-15(16,17)18/h3-4,9,11,13H,5-8,10H2,1-2H3. The Labute approximate surface area is 123 Å². The summed E-state index contributed by atoms with van der Waals surface area (Å²) in [6.07, 6.45) is -1.18. The first-order chi connectivity index (χ1) is 9.83. The number of nitrogens with zero attached hydrogens (tertiary/aromatic N) is 2. The van der Waals surface area contributed by atoms with E-state index in [2.05, 4.69) is 18.8 Å². The lowest BCUT2D eigenvalue weighted by atomic mass is 10.1. The summed E-state index contributed by atoms with van der Waals surface area (Å²) >= 11 is 0. The molecule has 1 fully saturated rings. The summed E-state index contributed by atoms with van der Waals surface area (Å²) in [7, 11) is 0. The highest BCUT2D eigenvalue weighted by molar-refractivity contribution is 5.20. The zero-order valence-electron chi connectivity index (χ0n) is 12.4. The summed E-state index contributed by atoms with van der Waals surface area (Å²) in [5.74, 6) is 0.964. The molecule has 1 aliphatic rings. The molecular formula is C15H21F3N2O. The Bertz CT molecular complexity index is 437. The van der Waals surface area contributed by atoms with Crippen LogP contribution in [0.15, 0.2) is 18.3 Å². The van der Waals surface area contributed by atoms with Gasteiger partial charge < -0.3 is 4.74 Å². The fourth-order valence-electron chi connectivity index (χ4n) is 2.41. The minimum absolute atomic E-state index is 0.0492. The highest BCUT2D eigenvalue weighted by Crippen LogP contribution is 2.22. The molecular weight excluding hydrogens is 281 g/mol. The molecule has 0 aromatic carbocycles. The maximum Gasteiger partial charge on any atom is 0.401 e. The lowest BCUT2D eigenvalue weighted by molar-refractivity contribution is -0.149. The molecule has 2 rings (SSSR count). The van der Waals surface area contributed by atoms with E-state index in [0.717, 1.165) is 5.56 Å². The van der Waals surface area contributed by atoms with Crippen molar-refractivity contribution in [3.63, 3.8) is 0 Å². The van der Waals surface area contributed by atoms with Crippen molar-refractivity contribution in [2.45, 2.75) is 44.9 Å². The summed E-state index contributed by atoms with van der Waals surface area (Å²) in [6, 6.07) is 3.81. The third kappa shape index (κ3) is 5.19. The minimum atomic E-state index is -4.12. The number of halogens is 3. The molecule has 0 saturated carbocycles. The van der Waals surface area contributed by atoms with Gasteiger partial charge in [-0.3, -0.25) is 4.90 Å². The Kier molecular flexibility index (Phi) is 5.08. The SMILES string of the molecule is CC(C)c1ccc(OC2CCN(CC(F)(F)F)CC2)nc1. The van der Waals surface area contributed by atoms with E-state index in [1.807, 2.05) is 12.1 Å². The maximum atomic E-state index is 12.3. The van der Waals surface area contributed by atoms with Crippen LogP contribution < -0.4 is 4.74 Å². The molecule has 0 bridgehead atoms. The zero-order valence-corrected chi connectivity index (χ0v) is 12.4. The van der Waals surface area contributed by atoms with Crippen molar-refractivity contribution < 1.29 is 17.9 Å². The summed E-state index contributed by atoms with van der Waals surface area (Å²) in [5, 5.41) is 0. The van der Waals surface area contributed by atoms with Crippen LogP contribution in [0.5, 0.6) is 5.88 Å². The number of likely N-dealkylation sites (tertiary alicyclic amines) is 1. The second-order valence-electron chi connectivity index (χ2n) is 5.79. The average molecular weight is 302 g/mol. The van der Waals surface area contributed by atoms with Gasteiger partial charge in [0.05, 0.1) is 6.54 Å². The van der Waals surface area contributed by atoms with Gasteiger partial charge in [-0.05, 0) is 24.3 Å². The number of hydrogen-bond acceptors (Lipinski definition) is 3. The molecule has 3 nitrogen and oxygen atoms in total. The van der Waals surface area contributed by atoms with Gasteiger partial charge in [-0.2, -0.15) is 13.2 Å². The van der Waals surface area contributed by atoms with Crippen LogP contribution in [0.1, 0.15) is 38.2 Å². The predicted octanol–water partition coefficient (Wildman–Crippen LogP) is 3.61. The first-order valence-electron chi connectivity index (χ1n) is 7.25. The van der Waals surface area contributed by atoms with Crippen molar-refractivity contribution in [1.82, 2.24) is 9.88 Å². The van der Waals surface area contributed by atoms with E-state index in [-0.39, 0.29) is 6.10 Å². The van der Waals surface area contributed by atoms with Gasteiger partial charge in [0.1, 0.15) is 6.10 Å². The van der Waals surface area contributed by atoms with Crippen molar-refractivity contribution in [3.8, 4) is 5.88 Å². The van der Waals surface area contributed by atoms with E-state index in [4.69, 9.17) is 4.74 Å². The van der Waals surface area contributed by atoms with Gasteiger partial charge >= 0.3 is 6.18 Å². The Morgan fingerprint density at radius 3 is 2.43 bits per heavy atom. The molecule has 0 atom stereocenters. The third-order valence-corrected chi connectivity index (χ3v) is 3.65. The van der Waals surface area contributed by atoms with Crippen LogP contribution in [0.2, 0.25) is 0 Å². The first-order valence-corrected chi connectivity index (χ1v) is 7.25. The molecule has 0 unspecified atom stereocenters. The smallest absolute Gasteiger partial charge is 0.401 e. The van der Waals surface area contributed by atoms with Crippen LogP contribution in [-0.2, 0) is 0 Å². The van der Waals surface area contributed by atoms with Crippen LogP contribution in [0.3, 0.4) is 0 Å². The van der Waals surface area contributed by atoms with Crippen LogP contribution in [0, 0.1) is 0 Å². The van der Waals surface area contributed by atoms with Gasteiger partial charge in [0.25, 0.3) is 0 Å². The monoisotopic (exact) mass is 302 g/mol. The number of hydrogen-bond donors (Lipinski definition) is 0. The quantitative estimate of drug-likeness (QED) is 0.849. The number of rotatable bonds is 4. The molecule has 21 heavy (non-hydrogen) atoms. The molecule has 1 aromatic heterocycles. The largest absolute Gasteiger partial charge is 0.474 e. The number of ether oxygens (including phenoxy) is 1. The number of pyridine rings is 1. The van der Waals surface area contributed by atoms with Crippen LogP contribution >= 0.6 is 0 Å². The lowest BCUT2D eigenvalue weighted by Crippen LogP contribution is -2.42. The van der Waals surface area contributed by atoms with Crippen LogP contribution in [0.4, 0.5) is 13.2 Å². The molecule has 6 heteroatoms. The molecule has 0 spiro atoms. The van der Waals surface area contributed by atoms with E-state index in [1.165, 1.54) is 4.90 Å². The maximum absolute atomic E-state index is 12.3. The summed E-state index contributed by atoms with van der Waals surface area (Å²) in [4.78, 5) is 5.68. The lowest BCUT2D eigenvalue weighted by Gasteiger charge is -2.32. The third-order valence-electron chi connectivity index (χ3n) is 3.65. The molecule has 0 radical (unpaired) electrons. The van der Waals surface area contributed by atoms with E-state index < -0.39 is 12.7 Å². The van der Waals surface area contributed by atoms with E-state index >= 15 is 0 Å². The van der Waals surface area contributed by atoms with Crippen molar-refractivity contribution in [2.75, 3.05) is 19.6 Å². The van der Waals surface area contributed by atoms with Gasteiger partial charge in [0.15, 0.2) is 0 Å². The highest BCUT2D eigenvalue weighted by atomic mass is 19.4. The Morgan fingerprint density at radius 2 is 1.95 bits per heavy atom. The van der Waals surface area contributed by atoms with Gasteiger partial charge in [-0.25, -0.2) is 4.98 Å². The topological polar surface area (TPSA) is 25.4 Å². The average Bonchev–Trinajstić information content (AvgIpc) is 2.40. The first kappa shape index (κ1) is 16.1. The second kappa shape index (κ2) is 6.64. The minimum Gasteiger partial charge on any atom is -0.474 e. The molecule has 0 aliphatic carbocycles. The predicted molar refractivity (Wildman–Crippen MR) is 74.5 cm³/mol. The van der Waals surface area contributed by atoms with Crippen molar-refractivity contribution in [2.24, 2.45) is 0 Å². The summed E-state index contributed by atoms with van der Waals surface area (Å²) in [5.41, 5.74) is 1.14. The Morgan fingerprint density at radius 1 is 1.29 bits per heavy atom. The van der Waals surface area contributed by atoms with E-state index in [0.29, 0.717) is 37.7 Å². The van der Waals surface area contributed by atoms with E-state index in [9.17, 15) is 13.2 Å². The summed E-state index contributed by atoms with van der Waals surface area (Å²) in [6.45, 7) is 4.17. The number of aromatic nitrogens is 1. The number of alkyl halides is 3. The normalized spacial score (nSPS) is 18.2. The van der Waals surface area contributed by atoms with Gasteiger partial charge in [-0.1, -0.05) is 19.9 Å². The van der Waals surface area contributed by atoms with Crippen molar-refractivity contribution >= 4 is 0 Å². The zero-order chi connectivity index (χ0) is 15.5. The molecule has 1 aliphatic heterocycles. The van der Waals surface area contributed by atoms with Gasteiger partial charge in [-0.15, -0.1) is 0 Å². The molecule has 0 N–H and O–H groups in total. The fraction of sp³-hybridized carbons (Fsp3) is 0.667. The number of piperidine rings is 1. The van der Waals surface area contributed by atoms with E-state index in [1.54, 1.807) is 6.20 Å². The molecule has 0 amide bonds. The second-order valence-corrected chi connectivity index (χ2v) is 5.79. The van der Waals surface area contributed by atoms with Crippen molar-refractivity contribution in [1.29, 1.82) is 0 Å². The van der Waals surface area contributed by atoms with Crippen LogP contribution in [0.25, 0.3) is 0 Å². The van der Waals surface area contributed by atoms with Gasteiger partial charge in [0, 0.05) is 25.4 Å². The molecule has 2 heterocycles.